The first kappa shape index (κ1) is 25.3. The van der Waals surface area contributed by atoms with E-state index >= 15 is 0 Å². The molecule has 4 N–H and O–H groups in total. The van der Waals surface area contributed by atoms with Crippen LogP contribution < -0.4 is 26.0 Å². The van der Waals surface area contributed by atoms with Gasteiger partial charge in [0.2, 0.25) is 0 Å². The molecular formula is C20H19ClF2N4O6. The molecule has 0 aliphatic heterocycles. The molecule has 0 aliphatic rings. The summed E-state index contributed by atoms with van der Waals surface area (Å²) in [6.07, 6.45) is 0. The Kier molecular flexibility index (Phi) is 8.51. The number of ether oxygens (including phenoxy) is 2. The number of carbonyl (C=O) groups excluding carboxylic acids is 4. The van der Waals surface area contributed by atoms with Crippen molar-refractivity contribution in [2.45, 2.75) is 6.92 Å². The van der Waals surface area contributed by atoms with E-state index in [9.17, 15) is 28.0 Å². The summed E-state index contributed by atoms with van der Waals surface area (Å²) >= 11 is 5.73. The zero-order chi connectivity index (χ0) is 24.7. The monoisotopic (exact) mass is 484 g/mol. The van der Waals surface area contributed by atoms with Crippen LogP contribution >= 0.6 is 11.6 Å². The second-order valence-corrected chi connectivity index (χ2v) is 6.58. The molecule has 0 bridgehead atoms. The second-order valence-electron chi connectivity index (χ2n) is 6.18. The highest BCUT2D eigenvalue weighted by atomic mass is 35.5. The van der Waals surface area contributed by atoms with E-state index in [0.29, 0.717) is 12.1 Å². The van der Waals surface area contributed by atoms with Crippen LogP contribution in [-0.2, 0) is 4.74 Å². The average Bonchev–Trinajstić information content (AvgIpc) is 2.76. The quantitative estimate of drug-likeness (QED) is 0.366. The van der Waals surface area contributed by atoms with Crippen LogP contribution in [0.3, 0.4) is 0 Å². The molecule has 0 aromatic heterocycles. The summed E-state index contributed by atoms with van der Waals surface area (Å²) in [6, 6.07) is 1.80. The first-order valence-corrected chi connectivity index (χ1v) is 9.63. The van der Waals surface area contributed by atoms with Crippen LogP contribution in [0.25, 0.3) is 0 Å². The molecule has 0 saturated carbocycles. The number of halogens is 3. The Hall–Kier alpha value is -3.93. The maximum atomic E-state index is 13.4. The zero-order valence-electron chi connectivity index (χ0n) is 17.6. The smallest absolute Gasteiger partial charge is 0.340 e. The number of amides is 5. The molecule has 33 heavy (non-hydrogen) atoms. The van der Waals surface area contributed by atoms with E-state index in [-0.39, 0.29) is 29.3 Å². The fourth-order valence-electron chi connectivity index (χ4n) is 2.53. The van der Waals surface area contributed by atoms with Gasteiger partial charge in [-0.3, -0.25) is 10.1 Å². The lowest BCUT2D eigenvalue weighted by molar-refractivity contribution is 0.0527. The topological polar surface area (TPSA) is 135 Å². The minimum Gasteiger partial charge on any atom is -0.495 e. The van der Waals surface area contributed by atoms with Crippen molar-refractivity contribution in [1.29, 1.82) is 0 Å². The molecule has 5 amide bonds. The summed E-state index contributed by atoms with van der Waals surface area (Å²) in [6.45, 7) is 1.66. The normalized spacial score (nSPS) is 10.1. The van der Waals surface area contributed by atoms with Crippen molar-refractivity contribution in [3.63, 3.8) is 0 Å². The van der Waals surface area contributed by atoms with Crippen molar-refractivity contribution in [2.24, 2.45) is 0 Å². The molecule has 0 unspecified atom stereocenters. The summed E-state index contributed by atoms with van der Waals surface area (Å²) in [5, 5.41) is 8.52. The van der Waals surface area contributed by atoms with Crippen molar-refractivity contribution in [1.82, 2.24) is 10.6 Å². The van der Waals surface area contributed by atoms with Crippen LogP contribution in [0.2, 0.25) is 5.02 Å². The summed E-state index contributed by atoms with van der Waals surface area (Å²) < 4.78 is 36.7. The zero-order valence-corrected chi connectivity index (χ0v) is 18.4. The van der Waals surface area contributed by atoms with E-state index in [2.05, 4.69) is 16.0 Å². The van der Waals surface area contributed by atoms with Crippen molar-refractivity contribution < 1.29 is 37.4 Å². The predicted octanol–water partition coefficient (Wildman–Crippen LogP) is 3.52. The van der Waals surface area contributed by atoms with Gasteiger partial charge in [0, 0.05) is 7.05 Å². The van der Waals surface area contributed by atoms with Crippen molar-refractivity contribution in [3.05, 3.63) is 52.0 Å². The predicted molar refractivity (Wildman–Crippen MR) is 115 cm³/mol. The van der Waals surface area contributed by atoms with Crippen LogP contribution in [0.15, 0.2) is 24.3 Å². The summed E-state index contributed by atoms with van der Waals surface area (Å²) in [5.41, 5.74) is -0.609. The number of anilines is 2. The summed E-state index contributed by atoms with van der Waals surface area (Å²) in [5.74, 6) is -4.47. The van der Waals surface area contributed by atoms with Gasteiger partial charge in [0.1, 0.15) is 5.75 Å². The van der Waals surface area contributed by atoms with Gasteiger partial charge in [0.15, 0.2) is 11.6 Å². The van der Waals surface area contributed by atoms with Gasteiger partial charge >= 0.3 is 18.0 Å². The van der Waals surface area contributed by atoms with E-state index in [1.54, 1.807) is 6.92 Å². The number of hydrogen-bond acceptors (Lipinski definition) is 6. The maximum Gasteiger partial charge on any atom is 0.340 e. The Bertz CT molecular complexity index is 1110. The first-order valence-electron chi connectivity index (χ1n) is 9.26. The van der Waals surface area contributed by atoms with Crippen LogP contribution in [0, 0.1) is 11.6 Å². The minimum absolute atomic E-state index is 0.00559. The maximum absolute atomic E-state index is 13.4. The second kappa shape index (κ2) is 11.1. The third-order valence-electron chi connectivity index (χ3n) is 4.04. The number of nitrogens with one attached hydrogen (secondary N) is 4. The van der Waals surface area contributed by atoms with Gasteiger partial charge in [0.05, 0.1) is 41.2 Å². The van der Waals surface area contributed by atoms with E-state index < -0.39 is 46.2 Å². The minimum atomic E-state index is -1.33. The van der Waals surface area contributed by atoms with Crippen molar-refractivity contribution in [3.8, 4) is 5.75 Å². The van der Waals surface area contributed by atoms with E-state index in [0.717, 1.165) is 0 Å². The molecular weight excluding hydrogens is 466 g/mol. The molecule has 13 heteroatoms. The molecule has 0 heterocycles. The Labute approximate surface area is 191 Å². The highest BCUT2D eigenvalue weighted by Crippen LogP contribution is 2.32. The number of benzene rings is 2. The number of urea groups is 2. The van der Waals surface area contributed by atoms with Crippen molar-refractivity contribution in [2.75, 3.05) is 31.4 Å². The Morgan fingerprint density at radius 2 is 1.58 bits per heavy atom. The number of hydrogen-bond donors (Lipinski definition) is 4. The van der Waals surface area contributed by atoms with Gasteiger partial charge < -0.3 is 25.4 Å². The van der Waals surface area contributed by atoms with Gasteiger partial charge in [-0.1, -0.05) is 11.6 Å². The molecule has 0 fully saturated rings. The fourth-order valence-corrected chi connectivity index (χ4v) is 2.77. The fraction of sp³-hybridized carbons (Fsp3) is 0.200. The molecule has 0 atom stereocenters. The standard InChI is InChI=1S/C20H19ClF2N4O6/c1-4-33-18(29)10-6-16(32-3)15(8-14(10)25-19(30)24-2)26-20(31)27-17(28)9-5-12(22)13(23)7-11(9)21/h5-8H,4H2,1-3H3,(H2,24,25,30)(H2,26,27,28,31). The van der Waals surface area contributed by atoms with Crippen molar-refractivity contribution >= 4 is 46.9 Å². The van der Waals surface area contributed by atoms with Crippen LogP contribution in [-0.4, -0.2) is 44.7 Å². The lowest BCUT2D eigenvalue weighted by atomic mass is 10.1. The molecule has 0 radical (unpaired) electrons. The van der Waals surface area contributed by atoms with Gasteiger partial charge in [-0.2, -0.15) is 0 Å². The Morgan fingerprint density at radius 1 is 0.939 bits per heavy atom. The van der Waals surface area contributed by atoms with Gasteiger partial charge in [-0.25, -0.2) is 23.2 Å². The molecule has 2 aromatic rings. The first-order chi connectivity index (χ1) is 15.6. The summed E-state index contributed by atoms with van der Waals surface area (Å²) in [7, 11) is 2.61. The lowest BCUT2D eigenvalue weighted by Gasteiger charge is -2.16. The van der Waals surface area contributed by atoms with Gasteiger partial charge in [0.25, 0.3) is 5.91 Å². The molecule has 2 aromatic carbocycles. The molecule has 0 saturated heterocycles. The lowest BCUT2D eigenvalue weighted by Crippen LogP contribution is -2.34. The molecule has 0 spiro atoms. The highest BCUT2D eigenvalue weighted by Gasteiger charge is 2.22. The number of esters is 1. The van der Waals surface area contributed by atoms with E-state index in [1.165, 1.54) is 26.3 Å². The molecule has 0 aliphatic carbocycles. The summed E-state index contributed by atoms with van der Waals surface area (Å²) in [4.78, 5) is 48.6. The van der Waals surface area contributed by atoms with E-state index in [4.69, 9.17) is 21.1 Å². The average molecular weight is 485 g/mol. The van der Waals surface area contributed by atoms with E-state index in [1.807, 2.05) is 5.32 Å². The van der Waals surface area contributed by atoms with Crippen LogP contribution in [0.1, 0.15) is 27.6 Å². The van der Waals surface area contributed by atoms with Gasteiger partial charge in [-0.05, 0) is 31.2 Å². The Morgan fingerprint density at radius 3 is 2.18 bits per heavy atom. The van der Waals surface area contributed by atoms with Crippen LogP contribution in [0.5, 0.6) is 5.75 Å². The number of methoxy groups -OCH3 is 1. The largest absolute Gasteiger partial charge is 0.495 e. The molecule has 10 nitrogen and oxygen atoms in total. The number of rotatable bonds is 6. The third-order valence-corrected chi connectivity index (χ3v) is 4.35. The highest BCUT2D eigenvalue weighted by molar-refractivity contribution is 6.34. The van der Waals surface area contributed by atoms with Gasteiger partial charge in [-0.15, -0.1) is 0 Å². The third kappa shape index (κ3) is 6.29. The van der Waals surface area contributed by atoms with Crippen LogP contribution in [0.4, 0.5) is 29.7 Å². The molecule has 2 rings (SSSR count). The number of imide groups is 1. The SMILES string of the molecule is CCOC(=O)c1cc(OC)c(NC(=O)NC(=O)c2cc(F)c(F)cc2Cl)cc1NC(=O)NC. The number of carbonyl (C=O) groups is 4. The Balaban J connectivity index is 2.33. The molecule has 176 valence electrons.